The molecule has 0 atom stereocenters. The van der Waals surface area contributed by atoms with E-state index in [1.54, 1.807) is 0 Å². The number of benzene rings is 1. The van der Waals surface area contributed by atoms with Gasteiger partial charge in [0.2, 0.25) is 0 Å². The number of hydrogen-bond donors (Lipinski definition) is 0. The molecule has 0 aliphatic heterocycles. The van der Waals surface area contributed by atoms with Crippen LogP contribution in [0.2, 0.25) is 0 Å². The first-order valence-corrected chi connectivity index (χ1v) is 2.41. The summed E-state index contributed by atoms with van der Waals surface area (Å²) < 4.78 is 0. The maximum Gasteiger partial charge on any atom is 0 e. The first-order valence-electron chi connectivity index (χ1n) is 2.41. The van der Waals surface area contributed by atoms with Gasteiger partial charge in [0.25, 0.3) is 0 Å². The SMILES string of the molecule is [C-]#Cc1ccccc1.[Y]. The Morgan fingerprint density at radius 1 is 1.11 bits per heavy atom. The summed E-state index contributed by atoms with van der Waals surface area (Å²) in [5.74, 6) is 2.28. The monoisotopic (exact) mass is 190 g/mol. The Morgan fingerprint density at radius 2 is 1.67 bits per heavy atom. The topological polar surface area (TPSA) is 0 Å². The third kappa shape index (κ3) is 2.79. The number of hydrogen-bond acceptors (Lipinski definition) is 0. The molecule has 1 heteroatoms. The van der Waals surface area contributed by atoms with Crippen LogP contribution in [-0.4, -0.2) is 0 Å². The summed E-state index contributed by atoms with van der Waals surface area (Å²) in [6, 6.07) is 9.37. The minimum Gasteiger partial charge on any atom is -0.366 e. The van der Waals surface area contributed by atoms with Crippen LogP contribution in [0.15, 0.2) is 30.3 Å². The van der Waals surface area contributed by atoms with E-state index < -0.39 is 0 Å². The smallest absolute Gasteiger partial charge is 0 e. The molecule has 1 aromatic rings. The summed E-state index contributed by atoms with van der Waals surface area (Å²) in [7, 11) is 0. The van der Waals surface area contributed by atoms with Crippen LogP contribution in [-0.2, 0) is 32.7 Å². The molecule has 0 nitrogen and oxygen atoms in total. The molecule has 1 radical (unpaired) electrons. The van der Waals surface area contributed by atoms with Gasteiger partial charge in [0, 0.05) is 32.7 Å². The zero-order chi connectivity index (χ0) is 5.82. The average molecular weight is 190 g/mol. The maximum absolute atomic E-state index is 6.69. The van der Waals surface area contributed by atoms with E-state index in [0.717, 1.165) is 5.56 Å². The predicted molar refractivity (Wildman–Crippen MR) is 32.7 cm³/mol. The first kappa shape index (κ1) is 8.88. The fourth-order valence-electron chi connectivity index (χ4n) is 0.521. The fraction of sp³-hybridized carbons (Fsp3) is 0. The van der Waals surface area contributed by atoms with Crippen molar-refractivity contribution in [3.63, 3.8) is 0 Å². The fourth-order valence-corrected chi connectivity index (χ4v) is 0.521. The molecule has 9 heavy (non-hydrogen) atoms. The van der Waals surface area contributed by atoms with Gasteiger partial charge in [-0.05, 0) is 0 Å². The van der Waals surface area contributed by atoms with Crippen molar-refractivity contribution < 1.29 is 32.7 Å². The van der Waals surface area contributed by atoms with Crippen LogP contribution in [0.25, 0.3) is 0 Å². The zero-order valence-electron chi connectivity index (χ0n) is 4.96. The number of rotatable bonds is 0. The summed E-state index contributed by atoms with van der Waals surface area (Å²) in [5.41, 5.74) is 0.826. The van der Waals surface area contributed by atoms with Crippen molar-refractivity contribution in [1.29, 1.82) is 0 Å². The molecule has 0 saturated carbocycles. The largest absolute Gasteiger partial charge is 0.366 e. The Bertz CT molecular complexity index is 196. The molecule has 0 heterocycles. The molecule has 0 saturated heterocycles. The first-order chi connectivity index (χ1) is 3.93. The van der Waals surface area contributed by atoms with Crippen molar-refractivity contribution in [2.24, 2.45) is 0 Å². The van der Waals surface area contributed by atoms with E-state index in [9.17, 15) is 0 Å². The molecule has 0 aliphatic rings. The third-order valence-corrected chi connectivity index (χ3v) is 0.918. The van der Waals surface area contributed by atoms with Gasteiger partial charge >= 0.3 is 0 Å². The Morgan fingerprint density at radius 3 is 2.00 bits per heavy atom. The molecule has 0 N–H and O–H groups in total. The molecule has 41 valence electrons. The molecule has 0 spiro atoms. The van der Waals surface area contributed by atoms with Crippen molar-refractivity contribution in [2.75, 3.05) is 0 Å². The van der Waals surface area contributed by atoms with Crippen molar-refractivity contribution >= 4 is 0 Å². The average Bonchev–Trinajstić information content (AvgIpc) is 1.90. The second-order valence-electron chi connectivity index (χ2n) is 1.49. The van der Waals surface area contributed by atoms with Gasteiger partial charge in [-0.3, -0.25) is 5.92 Å². The van der Waals surface area contributed by atoms with Crippen LogP contribution < -0.4 is 0 Å². The minimum absolute atomic E-state index is 0. The van der Waals surface area contributed by atoms with Gasteiger partial charge in [-0.2, -0.15) is 0 Å². The molecular formula is C8H5Y-. The van der Waals surface area contributed by atoms with E-state index in [2.05, 4.69) is 5.92 Å². The predicted octanol–water partition coefficient (Wildman–Crippen LogP) is 1.62. The summed E-state index contributed by atoms with van der Waals surface area (Å²) >= 11 is 0. The summed E-state index contributed by atoms with van der Waals surface area (Å²) in [4.78, 5) is 0. The van der Waals surface area contributed by atoms with Crippen LogP contribution in [0, 0.1) is 12.3 Å². The Balaban J connectivity index is 0.000000640. The van der Waals surface area contributed by atoms with E-state index in [0.29, 0.717) is 0 Å². The van der Waals surface area contributed by atoms with Gasteiger partial charge in [0.15, 0.2) is 0 Å². The summed E-state index contributed by atoms with van der Waals surface area (Å²) in [6.07, 6.45) is 6.69. The molecule has 0 amide bonds. The normalized spacial score (nSPS) is 7.00. The van der Waals surface area contributed by atoms with E-state index >= 15 is 0 Å². The van der Waals surface area contributed by atoms with Gasteiger partial charge in [-0.25, -0.2) is 0 Å². The van der Waals surface area contributed by atoms with Gasteiger partial charge in [0.1, 0.15) is 0 Å². The minimum atomic E-state index is 0. The van der Waals surface area contributed by atoms with Crippen molar-refractivity contribution in [1.82, 2.24) is 0 Å². The second-order valence-corrected chi connectivity index (χ2v) is 1.49. The Kier molecular flexibility index (Phi) is 4.67. The van der Waals surface area contributed by atoms with E-state index in [4.69, 9.17) is 6.42 Å². The van der Waals surface area contributed by atoms with Crippen molar-refractivity contribution in [3.8, 4) is 5.92 Å². The van der Waals surface area contributed by atoms with Crippen LogP contribution in [0.3, 0.4) is 0 Å². The van der Waals surface area contributed by atoms with Gasteiger partial charge in [-0.15, -0.1) is 17.7 Å². The summed E-state index contributed by atoms with van der Waals surface area (Å²) in [5, 5.41) is 0. The van der Waals surface area contributed by atoms with Crippen molar-refractivity contribution in [3.05, 3.63) is 42.3 Å². The van der Waals surface area contributed by atoms with E-state index in [-0.39, 0.29) is 32.7 Å². The van der Waals surface area contributed by atoms with Crippen molar-refractivity contribution in [2.45, 2.75) is 0 Å². The Hall–Kier alpha value is -0.116. The van der Waals surface area contributed by atoms with Gasteiger partial charge in [-0.1, -0.05) is 18.2 Å². The second kappa shape index (κ2) is 4.73. The van der Waals surface area contributed by atoms with Crippen LogP contribution >= 0.6 is 0 Å². The standard InChI is InChI=1S/C8H5.Y/c1-2-8-6-4-3-5-7-8;/h3-7H;/q-1;. The molecule has 0 unspecified atom stereocenters. The Labute approximate surface area is 80.5 Å². The van der Waals surface area contributed by atoms with Crippen LogP contribution in [0.5, 0.6) is 0 Å². The van der Waals surface area contributed by atoms with E-state index in [1.807, 2.05) is 30.3 Å². The maximum atomic E-state index is 6.69. The molecule has 0 aliphatic carbocycles. The van der Waals surface area contributed by atoms with Crippen LogP contribution in [0.1, 0.15) is 5.56 Å². The molecule has 0 aromatic heterocycles. The quantitative estimate of drug-likeness (QED) is 0.430. The van der Waals surface area contributed by atoms with Crippen LogP contribution in [0.4, 0.5) is 0 Å². The van der Waals surface area contributed by atoms with Gasteiger partial charge < -0.3 is 6.42 Å². The molecule has 0 fully saturated rings. The zero-order valence-corrected chi connectivity index (χ0v) is 7.80. The molecular weight excluding hydrogens is 185 g/mol. The molecule has 1 rings (SSSR count). The molecule has 0 bridgehead atoms. The third-order valence-electron chi connectivity index (χ3n) is 0.918. The molecule has 1 aromatic carbocycles. The van der Waals surface area contributed by atoms with E-state index in [1.165, 1.54) is 0 Å². The van der Waals surface area contributed by atoms with Gasteiger partial charge in [0.05, 0.1) is 0 Å². The summed E-state index contributed by atoms with van der Waals surface area (Å²) in [6.45, 7) is 0.